The molecule has 0 aromatic heterocycles. The van der Waals surface area contributed by atoms with Gasteiger partial charge in [-0.15, -0.1) is 0 Å². The molecule has 0 spiro atoms. The van der Waals surface area contributed by atoms with Crippen molar-refractivity contribution in [2.45, 2.75) is 13.0 Å². The van der Waals surface area contributed by atoms with Crippen molar-refractivity contribution < 1.29 is 19.1 Å². The van der Waals surface area contributed by atoms with Crippen LogP contribution < -0.4 is 10.6 Å². The highest BCUT2D eigenvalue weighted by molar-refractivity contribution is 6.40. The molecule has 0 saturated carbocycles. The third-order valence-electron chi connectivity index (χ3n) is 3.43. The van der Waals surface area contributed by atoms with Gasteiger partial charge in [0.25, 0.3) is 0 Å². The topological polar surface area (TPSA) is 84.5 Å². The predicted octanol–water partition coefficient (Wildman–Crippen LogP) is 2.29. The monoisotopic (exact) mass is 326 g/mol. The first-order valence-corrected chi connectivity index (χ1v) is 7.37. The Labute approximate surface area is 139 Å². The quantitative estimate of drug-likeness (QED) is 0.667. The number of carbonyl (C=O) groups is 3. The van der Waals surface area contributed by atoms with E-state index in [-0.39, 0.29) is 17.3 Å². The van der Waals surface area contributed by atoms with Gasteiger partial charge >= 0.3 is 17.8 Å². The first kappa shape index (κ1) is 17.2. The zero-order valence-electron chi connectivity index (χ0n) is 13.4. The second kappa shape index (κ2) is 7.92. The lowest BCUT2D eigenvalue weighted by Crippen LogP contribution is -2.37. The zero-order chi connectivity index (χ0) is 17.5. The van der Waals surface area contributed by atoms with Crippen LogP contribution in [0.25, 0.3) is 0 Å². The molecular formula is C18H18N2O4. The third-order valence-corrected chi connectivity index (χ3v) is 3.43. The number of hydrogen-bond donors (Lipinski definition) is 2. The molecule has 6 nitrogen and oxygen atoms in total. The van der Waals surface area contributed by atoms with Crippen molar-refractivity contribution in [1.29, 1.82) is 0 Å². The van der Waals surface area contributed by atoms with Crippen LogP contribution in [-0.4, -0.2) is 24.9 Å². The maximum absolute atomic E-state index is 12.1. The van der Waals surface area contributed by atoms with E-state index in [1.807, 2.05) is 30.3 Å². The maximum Gasteiger partial charge on any atom is 0.339 e. The molecular weight excluding hydrogens is 308 g/mol. The Balaban J connectivity index is 2.05. The molecule has 0 aliphatic heterocycles. The van der Waals surface area contributed by atoms with Gasteiger partial charge in [-0.05, 0) is 24.6 Å². The van der Waals surface area contributed by atoms with Crippen LogP contribution >= 0.6 is 0 Å². The van der Waals surface area contributed by atoms with E-state index in [2.05, 4.69) is 15.4 Å². The highest BCUT2D eigenvalue weighted by Crippen LogP contribution is 2.16. The molecule has 6 heteroatoms. The summed E-state index contributed by atoms with van der Waals surface area (Å²) in [5, 5.41) is 5.04. The number of anilines is 1. The maximum atomic E-state index is 12.1. The van der Waals surface area contributed by atoms with E-state index in [4.69, 9.17) is 0 Å². The number of methoxy groups -OCH3 is 1. The van der Waals surface area contributed by atoms with Crippen molar-refractivity contribution in [2.24, 2.45) is 0 Å². The predicted molar refractivity (Wildman–Crippen MR) is 89.4 cm³/mol. The van der Waals surface area contributed by atoms with Crippen LogP contribution in [0, 0.1) is 0 Å². The van der Waals surface area contributed by atoms with Crippen LogP contribution in [0.5, 0.6) is 0 Å². The molecule has 2 aromatic rings. The minimum atomic E-state index is -0.853. The number of amides is 2. The van der Waals surface area contributed by atoms with Crippen LogP contribution in [0.3, 0.4) is 0 Å². The van der Waals surface area contributed by atoms with Gasteiger partial charge in [-0.1, -0.05) is 42.5 Å². The van der Waals surface area contributed by atoms with Crippen LogP contribution in [-0.2, 0) is 14.3 Å². The van der Waals surface area contributed by atoms with Crippen molar-refractivity contribution in [1.82, 2.24) is 5.32 Å². The number of hydrogen-bond acceptors (Lipinski definition) is 4. The average Bonchev–Trinajstić information content (AvgIpc) is 2.62. The lowest BCUT2D eigenvalue weighted by atomic mass is 10.1. The summed E-state index contributed by atoms with van der Waals surface area (Å²) in [5.41, 5.74) is 1.28. The minimum absolute atomic E-state index is 0.178. The van der Waals surface area contributed by atoms with Crippen molar-refractivity contribution in [2.75, 3.05) is 12.4 Å². The lowest BCUT2D eigenvalue weighted by molar-refractivity contribution is -0.136. The van der Waals surface area contributed by atoms with E-state index in [1.165, 1.54) is 19.2 Å². The van der Waals surface area contributed by atoms with E-state index in [0.717, 1.165) is 5.56 Å². The van der Waals surface area contributed by atoms with Crippen molar-refractivity contribution in [3.63, 3.8) is 0 Å². The largest absolute Gasteiger partial charge is 0.465 e. The highest BCUT2D eigenvalue weighted by Gasteiger charge is 2.19. The van der Waals surface area contributed by atoms with Gasteiger partial charge in [-0.25, -0.2) is 4.79 Å². The van der Waals surface area contributed by atoms with Gasteiger partial charge in [0.15, 0.2) is 0 Å². The highest BCUT2D eigenvalue weighted by atomic mass is 16.5. The normalized spacial score (nSPS) is 11.2. The molecule has 1 unspecified atom stereocenters. The summed E-state index contributed by atoms with van der Waals surface area (Å²) in [7, 11) is 1.25. The molecule has 2 aromatic carbocycles. The smallest absolute Gasteiger partial charge is 0.339 e. The third kappa shape index (κ3) is 4.19. The second-order valence-corrected chi connectivity index (χ2v) is 5.10. The lowest BCUT2D eigenvalue weighted by Gasteiger charge is -2.14. The average molecular weight is 326 g/mol. The van der Waals surface area contributed by atoms with Crippen LogP contribution in [0.2, 0.25) is 0 Å². The molecule has 24 heavy (non-hydrogen) atoms. The minimum Gasteiger partial charge on any atom is -0.465 e. The van der Waals surface area contributed by atoms with Gasteiger partial charge < -0.3 is 15.4 Å². The summed E-state index contributed by atoms with van der Waals surface area (Å²) in [6, 6.07) is 15.3. The van der Waals surface area contributed by atoms with E-state index in [0.29, 0.717) is 0 Å². The van der Waals surface area contributed by atoms with Gasteiger partial charge in [0.2, 0.25) is 0 Å². The Bertz CT molecular complexity index is 744. The molecule has 124 valence electrons. The van der Waals surface area contributed by atoms with Crippen LogP contribution in [0.4, 0.5) is 5.69 Å². The number of nitrogens with one attached hydrogen (secondary N) is 2. The number of esters is 1. The first-order valence-electron chi connectivity index (χ1n) is 7.37. The Morgan fingerprint density at radius 2 is 1.54 bits per heavy atom. The molecule has 0 radical (unpaired) electrons. The molecule has 0 heterocycles. The second-order valence-electron chi connectivity index (χ2n) is 5.10. The van der Waals surface area contributed by atoms with Crippen molar-refractivity contribution in [3.05, 3.63) is 65.7 Å². The fourth-order valence-corrected chi connectivity index (χ4v) is 2.15. The van der Waals surface area contributed by atoms with Gasteiger partial charge in [-0.2, -0.15) is 0 Å². The summed E-state index contributed by atoms with van der Waals surface area (Å²) in [6.07, 6.45) is 0. The molecule has 2 N–H and O–H groups in total. The number of rotatable bonds is 4. The summed E-state index contributed by atoms with van der Waals surface area (Å²) < 4.78 is 4.65. The fourth-order valence-electron chi connectivity index (χ4n) is 2.15. The summed E-state index contributed by atoms with van der Waals surface area (Å²) in [6.45, 7) is 1.78. The van der Waals surface area contributed by atoms with Crippen molar-refractivity contribution >= 4 is 23.5 Å². The Morgan fingerprint density at radius 3 is 2.21 bits per heavy atom. The Morgan fingerprint density at radius 1 is 0.917 bits per heavy atom. The standard InChI is InChI=1S/C18H18N2O4/c1-12(13-8-4-3-5-9-13)19-16(21)17(22)20-15-11-7-6-10-14(15)18(23)24-2/h3-12H,1-2H3,(H,19,21)(H,20,22). The van der Waals surface area contributed by atoms with E-state index in [9.17, 15) is 14.4 Å². The van der Waals surface area contributed by atoms with Gasteiger partial charge in [-0.3, -0.25) is 9.59 Å². The van der Waals surface area contributed by atoms with Crippen LogP contribution in [0.15, 0.2) is 54.6 Å². The molecule has 0 aliphatic rings. The summed E-state index contributed by atoms with van der Waals surface area (Å²) in [5.74, 6) is -2.23. The molecule has 0 fully saturated rings. The summed E-state index contributed by atoms with van der Waals surface area (Å²) >= 11 is 0. The number of ether oxygens (including phenoxy) is 1. The molecule has 2 amide bonds. The van der Waals surface area contributed by atoms with E-state index < -0.39 is 17.8 Å². The van der Waals surface area contributed by atoms with Crippen LogP contribution in [0.1, 0.15) is 28.9 Å². The van der Waals surface area contributed by atoms with Crippen molar-refractivity contribution in [3.8, 4) is 0 Å². The number of benzene rings is 2. The Kier molecular flexibility index (Phi) is 5.68. The van der Waals surface area contributed by atoms with Gasteiger partial charge in [0.05, 0.1) is 24.4 Å². The summed E-state index contributed by atoms with van der Waals surface area (Å²) in [4.78, 5) is 35.8. The molecule has 1 atom stereocenters. The SMILES string of the molecule is COC(=O)c1ccccc1NC(=O)C(=O)NC(C)c1ccccc1. The van der Waals surface area contributed by atoms with E-state index >= 15 is 0 Å². The molecule has 0 aliphatic carbocycles. The number of para-hydroxylation sites is 1. The fraction of sp³-hybridized carbons (Fsp3) is 0.167. The number of carbonyl (C=O) groups excluding carboxylic acids is 3. The molecule has 2 rings (SSSR count). The molecule has 0 saturated heterocycles. The van der Waals surface area contributed by atoms with E-state index in [1.54, 1.807) is 19.1 Å². The zero-order valence-corrected chi connectivity index (χ0v) is 13.4. The van der Waals surface area contributed by atoms with Gasteiger partial charge in [0.1, 0.15) is 0 Å². The van der Waals surface area contributed by atoms with Gasteiger partial charge in [0, 0.05) is 0 Å². The Hall–Kier alpha value is -3.15. The molecule has 0 bridgehead atoms. The first-order chi connectivity index (χ1) is 11.5.